The topological polar surface area (TPSA) is 87.9 Å². The summed E-state index contributed by atoms with van der Waals surface area (Å²) in [4.78, 5) is 19.7. The lowest BCUT2D eigenvalue weighted by molar-refractivity contribution is -0.124. The molecule has 4 aliphatic carbocycles. The van der Waals surface area contributed by atoms with Crippen molar-refractivity contribution in [2.75, 3.05) is 11.4 Å². The van der Waals surface area contributed by atoms with Crippen molar-refractivity contribution < 1.29 is 9.21 Å². The van der Waals surface area contributed by atoms with Crippen LogP contribution in [0.15, 0.2) is 35.1 Å². The molecule has 7 nitrogen and oxygen atoms in total. The van der Waals surface area contributed by atoms with E-state index in [1.54, 1.807) is 11.1 Å². The summed E-state index contributed by atoms with van der Waals surface area (Å²) >= 11 is 0. The van der Waals surface area contributed by atoms with E-state index in [9.17, 15) is 10.1 Å². The number of anilines is 1. The van der Waals surface area contributed by atoms with Gasteiger partial charge in [-0.25, -0.2) is 0 Å². The second kappa shape index (κ2) is 5.56. The van der Waals surface area contributed by atoms with Gasteiger partial charge in [-0.1, -0.05) is 6.92 Å². The van der Waals surface area contributed by atoms with Crippen LogP contribution in [0, 0.1) is 34.5 Å². The molecule has 0 N–H and O–H groups in total. The van der Waals surface area contributed by atoms with Crippen molar-refractivity contribution in [2.24, 2.45) is 23.2 Å². The first-order valence-electron chi connectivity index (χ1n) is 11.2. The Hall–Kier alpha value is -3.14. The number of fused-ring (bicyclic) bond motifs is 1. The molecule has 2 atom stereocenters. The van der Waals surface area contributed by atoms with Gasteiger partial charge in [0.05, 0.1) is 29.1 Å². The fourth-order valence-corrected chi connectivity index (χ4v) is 6.21. The molecule has 5 fully saturated rings. The number of nitriles is 1. The number of carbonyl (C=O) groups excluding carboxylic acids is 1. The number of hydrogen-bond acceptors (Lipinski definition) is 5. The fraction of sp³-hybridized carbons (Fsp3) is 0.500. The lowest BCUT2D eigenvalue weighted by Gasteiger charge is -2.61. The van der Waals surface area contributed by atoms with Crippen LogP contribution in [0.25, 0.3) is 22.4 Å². The Kier molecular flexibility index (Phi) is 3.14. The maximum atomic E-state index is 13.5. The van der Waals surface area contributed by atoms with Crippen molar-refractivity contribution in [1.82, 2.24) is 14.8 Å². The Balaban J connectivity index is 1.27. The van der Waals surface area contributed by atoms with Crippen LogP contribution < -0.4 is 4.90 Å². The van der Waals surface area contributed by atoms with Gasteiger partial charge in [0.15, 0.2) is 5.58 Å². The van der Waals surface area contributed by atoms with Gasteiger partial charge in [0.1, 0.15) is 16.7 Å². The van der Waals surface area contributed by atoms with Crippen molar-refractivity contribution in [3.63, 3.8) is 0 Å². The Morgan fingerprint density at radius 2 is 2.10 bits per heavy atom. The summed E-state index contributed by atoms with van der Waals surface area (Å²) in [6.07, 6.45) is 11.3. The number of hydrogen-bond donors (Lipinski definition) is 0. The molecule has 0 aromatic carbocycles. The number of rotatable bonds is 4. The second-order valence-electron chi connectivity index (χ2n) is 10.1. The van der Waals surface area contributed by atoms with Crippen molar-refractivity contribution in [1.29, 1.82) is 5.26 Å². The van der Waals surface area contributed by atoms with Crippen LogP contribution >= 0.6 is 0 Å². The van der Waals surface area contributed by atoms with E-state index in [0.29, 0.717) is 29.1 Å². The molecule has 1 amide bonds. The van der Waals surface area contributed by atoms with Gasteiger partial charge in [0, 0.05) is 30.9 Å². The number of furan rings is 1. The average molecular weight is 413 g/mol. The molecule has 0 unspecified atom stereocenters. The van der Waals surface area contributed by atoms with Crippen molar-refractivity contribution in [3.05, 3.63) is 30.7 Å². The first-order chi connectivity index (χ1) is 15.0. The molecule has 31 heavy (non-hydrogen) atoms. The van der Waals surface area contributed by atoms with E-state index < -0.39 is 5.41 Å². The number of aromatic nitrogens is 3. The van der Waals surface area contributed by atoms with Gasteiger partial charge < -0.3 is 9.32 Å². The summed E-state index contributed by atoms with van der Waals surface area (Å²) in [5.74, 6) is 1.68. The summed E-state index contributed by atoms with van der Waals surface area (Å²) < 4.78 is 8.36. The zero-order chi connectivity index (χ0) is 21.0. The average Bonchev–Trinajstić information content (AvgIpc) is 3.17. The van der Waals surface area contributed by atoms with E-state index in [2.05, 4.69) is 27.0 Å². The van der Waals surface area contributed by atoms with Crippen LogP contribution in [0.2, 0.25) is 0 Å². The number of nitrogens with zero attached hydrogens (tertiary/aromatic N) is 5. The predicted molar refractivity (Wildman–Crippen MR) is 113 cm³/mol. The maximum Gasteiger partial charge on any atom is 0.248 e. The fourth-order valence-electron chi connectivity index (χ4n) is 6.21. The Morgan fingerprint density at radius 3 is 2.77 bits per heavy atom. The van der Waals surface area contributed by atoms with Gasteiger partial charge in [-0.15, -0.1) is 0 Å². The molecule has 0 spiro atoms. The third-order valence-electron chi connectivity index (χ3n) is 8.28. The monoisotopic (exact) mass is 413 g/mol. The first-order valence-corrected chi connectivity index (χ1v) is 11.2. The minimum atomic E-state index is -0.908. The molecule has 7 heteroatoms. The smallest absolute Gasteiger partial charge is 0.248 e. The Bertz CT molecular complexity index is 1280. The highest BCUT2D eigenvalue weighted by Gasteiger charge is 2.61. The highest BCUT2D eigenvalue weighted by atomic mass is 16.3. The van der Waals surface area contributed by atoms with Crippen molar-refractivity contribution >= 4 is 22.7 Å². The van der Waals surface area contributed by atoms with Crippen LogP contribution in [-0.2, 0) is 10.3 Å². The maximum absolute atomic E-state index is 13.5. The quantitative estimate of drug-likeness (QED) is 0.642. The number of amides is 1. The third-order valence-corrected chi connectivity index (χ3v) is 8.28. The van der Waals surface area contributed by atoms with Gasteiger partial charge in [-0.3, -0.25) is 14.5 Å². The van der Waals surface area contributed by atoms with E-state index in [-0.39, 0.29) is 23.3 Å². The molecule has 3 aromatic rings. The molecule has 156 valence electrons. The Morgan fingerprint density at radius 1 is 1.29 bits per heavy atom. The molecule has 2 bridgehead atoms. The number of carbonyl (C=O) groups is 1. The summed E-state index contributed by atoms with van der Waals surface area (Å²) in [6.45, 7) is 2.55. The third kappa shape index (κ3) is 2.10. The molecule has 5 aliphatic rings. The molecular formula is C24H23N5O2. The molecule has 8 rings (SSSR count). The second-order valence-corrected chi connectivity index (χ2v) is 10.1. The molecule has 0 radical (unpaired) electrons. The van der Waals surface area contributed by atoms with Gasteiger partial charge in [-0.05, 0) is 50.0 Å². The molecule has 1 aliphatic heterocycles. The van der Waals surface area contributed by atoms with Gasteiger partial charge in [0.2, 0.25) is 5.91 Å². The lowest BCUT2D eigenvalue weighted by Crippen LogP contribution is -2.59. The zero-order valence-corrected chi connectivity index (χ0v) is 17.4. The summed E-state index contributed by atoms with van der Waals surface area (Å²) in [6, 6.07) is 6.15. The minimum Gasteiger partial charge on any atom is -0.452 e. The Labute approximate surface area is 179 Å². The summed E-state index contributed by atoms with van der Waals surface area (Å²) in [5.41, 5.74) is 2.28. The molecule has 3 aromatic heterocycles. The first kappa shape index (κ1) is 17.5. The van der Waals surface area contributed by atoms with Crippen LogP contribution in [0.3, 0.4) is 0 Å². The van der Waals surface area contributed by atoms with Crippen LogP contribution in [0.1, 0.15) is 39.0 Å². The normalized spacial score (nSPS) is 33.9. The minimum absolute atomic E-state index is 0.0126. The van der Waals surface area contributed by atoms with Gasteiger partial charge in [-0.2, -0.15) is 10.4 Å². The van der Waals surface area contributed by atoms with Crippen LogP contribution in [0.5, 0.6) is 0 Å². The zero-order valence-electron chi connectivity index (χ0n) is 17.4. The lowest BCUT2D eigenvalue weighted by atomic mass is 9.50. The summed E-state index contributed by atoms with van der Waals surface area (Å²) in [5, 5.41) is 14.6. The van der Waals surface area contributed by atoms with Crippen molar-refractivity contribution in [2.45, 2.75) is 44.6 Å². The van der Waals surface area contributed by atoms with E-state index in [1.807, 2.05) is 25.3 Å². The van der Waals surface area contributed by atoms with E-state index in [4.69, 9.17) is 4.42 Å². The van der Waals surface area contributed by atoms with E-state index in [0.717, 1.165) is 24.3 Å². The highest BCUT2D eigenvalue weighted by Crippen LogP contribution is 2.62. The SMILES string of the molecule is C[C@@H]1CN(c2ccnc3cc(-c4cnn(C56CC(C5)C6)c4)oc23)C(=O)[C@]1(C#N)C1CC1. The van der Waals surface area contributed by atoms with Gasteiger partial charge >= 0.3 is 0 Å². The van der Waals surface area contributed by atoms with Crippen LogP contribution in [-0.4, -0.2) is 27.2 Å². The van der Waals surface area contributed by atoms with Crippen LogP contribution in [0.4, 0.5) is 5.69 Å². The van der Waals surface area contributed by atoms with Gasteiger partial charge in [0.25, 0.3) is 0 Å². The summed E-state index contributed by atoms with van der Waals surface area (Å²) in [7, 11) is 0. The highest BCUT2D eigenvalue weighted by molar-refractivity contribution is 6.07. The standard InChI is InChI=1S/C24H23N5O2/c1-14-11-28(22(30)24(14,13-25)17-2-3-17)19-4-5-26-18-6-20(31-21(18)19)16-10-27-29(12-16)23-7-15(8-23)9-23/h4-6,10,12,14-15,17H,2-3,7-9,11H2,1H3/t14-,15?,23?,24+/m1/s1. The largest absolute Gasteiger partial charge is 0.452 e. The molecule has 4 heterocycles. The predicted octanol–water partition coefficient (Wildman–Crippen LogP) is 4.10. The van der Waals surface area contributed by atoms with E-state index >= 15 is 0 Å². The molecule has 4 saturated carbocycles. The number of pyridine rings is 1. The molecular weight excluding hydrogens is 390 g/mol. The van der Waals surface area contributed by atoms with Crippen molar-refractivity contribution in [3.8, 4) is 17.4 Å². The molecule has 1 saturated heterocycles. The van der Waals surface area contributed by atoms with E-state index in [1.165, 1.54) is 19.3 Å².